The Morgan fingerprint density at radius 3 is 2.95 bits per heavy atom. The SMILES string of the molecule is COC(=O)C[C@H](CN1CC[C@@](F)(CCc2ccc3c(n2)NCCC3)C1)c1cccc(OC[C@H](C)OC)c1. The van der Waals surface area contributed by atoms with Gasteiger partial charge in [0.1, 0.15) is 23.8 Å². The molecule has 3 heterocycles. The van der Waals surface area contributed by atoms with Crippen molar-refractivity contribution in [3.8, 4) is 5.75 Å². The Bertz CT molecular complexity index is 1050. The van der Waals surface area contributed by atoms with Gasteiger partial charge in [0.05, 0.1) is 19.6 Å². The first-order chi connectivity index (χ1) is 17.9. The number of methoxy groups -OCH3 is 2. The number of alkyl halides is 1. The molecule has 2 aliphatic heterocycles. The molecule has 37 heavy (non-hydrogen) atoms. The standard InChI is InChI=1S/C29H40FN3O4/c1-21(35-2)19-37-26-8-4-6-23(16-26)24(17-27(34)36-3)18-33-15-13-29(30,20-33)12-11-25-10-9-22-7-5-14-31-28(22)32-25/h4,6,8-10,16,21,24H,5,7,11-15,17-20H2,1-3H3,(H,31,32)/t21-,24+,29-/m0/s1. The van der Waals surface area contributed by atoms with E-state index in [1.165, 1.54) is 12.7 Å². The number of ether oxygens (including phenoxy) is 3. The Morgan fingerprint density at radius 1 is 1.27 bits per heavy atom. The maximum Gasteiger partial charge on any atom is 0.306 e. The Labute approximate surface area is 219 Å². The predicted molar refractivity (Wildman–Crippen MR) is 142 cm³/mol. The smallest absolute Gasteiger partial charge is 0.306 e. The van der Waals surface area contributed by atoms with Crippen LogP contribution in [0.25, 0.3) is 0 Å². The number of esters is 1. The summed E-state index contributed by atoms with van der Waals surface area (Å²) in [5.41, 5.74) is 1.90. The van der Waals surface area contributed by atoms with E-state index in [0.717, 1.165) is 42.2 Å². The van der Waals surface area contributed by atoms with E-state index in [4.69, 9.17) is 19.2 Å². The number of aromatic nitrogens is 1. The fourth-order valence-electron chi connectivity index (χ4n) is 5.16. The van der Waals surface area contributed by atoms with Crippen molar-refractivity contribution >= 4 is 11.8 Å². The summed E-state index contributed by atoms with van der Waals surface area (Å²) in [6.45, 7) is 4.93. The second-order valence-corrected chi connectivity index (χ2v) is 10.4. The summed E-state index contributed by atoms with van der Waals surface area (Å²) in [5.74, 6) is 1.29. The molecule has 8 heteroatoms. The second-order valence-electron chi connectivity index (χ2n) is 10.4. The summed E-state index contributed by atoms with van der Waals surface area (Å²) >= 11 is 0. The first-order valence-corrected chi connectivity index (χ1v) is 13.3. The molecule has 0 amide bonds. The molecule has 3 atom stereocenters. The molecule has 1 aromatic heterocycles. The number of halogens is 1. The monoisotopic (exact) mass is 513 g/mol. The van der Waals surface area contributed by atoms with E-state index >= 15 is 4.39 Å². The van der Waals surface area contributed by atoms with Gasteiger partial charge in [-0.05, 0) is 68.4 Å². The van der Waals surface area contributed by atoms with Crippen LogP contribution in [0.2, 0.25) is 0 Å². The van der Waals surface area contributed by atoms with Gasteiger partial charge in [0.15, 0.2) is 0 Å². The van der Waals surface area contributed by atoms with Gasteiger partial charge in [-0.15, -0.1) is 0 Å². The minimum Gasteiger partial charge on any atom is -0.491 e. The first-order valence-electron chi connectivity index (χ1n) is 13.3. The van der Waals surface area contributed by atoms with Crippen molar-refractivity contribution in [2.45, 2.75) is 63.1 Å². The van der Waals surface area contributed by atoms with Crippen molar-refractivity contribution in [3.63, 3.8) is 0 Å². The van der Waals surface area contributed by atoms with E-state index in [0.29, 0.717) is 45.5 Å². The van der Waals surface area contributed by atoms with Crippen LogP contribution < -0.4 is 10.1 Å². The number of pyridine rings is 1. The van der Waals surface area contributed by atoms with Gasteiger partial charge in [-0.1, -0.05) is 18.2 Å². The van der Waals surface area contributed by atoms with Crippen LogP contribution in [0.1, 0.15) is 55.3 Å². The third-order valence-electron chi connectivity index (χ3n) is 7.50. The van der Waals surface area contributed by atoms with Gasteiger partial charge in [0.25, 0.3) is 0 Å². The van der Waals surface area contributed by atoms with E-state index in [-0.39, 0.29) is 24.4 Å². The van der Waals surface area contributed by atoms with E-state index in [2.05, 4.69) is 16.3 Å². The van der Waals surface area contributed by atoms with Crippen LogP contribution in [0.4, 0.5) is 10.2 Å². The number of nitrogens with zero attached hydrogens (tertiary/aromatic N) is 2. The summed E-state index contributed by atoms with van der Waals surface area (Å²) in [7, 11) is 3.05. The Hall–Kier alpha value is -2.71. The second kappa shape index (κ2) is 12.7. The summed E-state index contributed by atoms with van der Waals surface area (Å²) in [6, 6.07) is 11.9. The molecular formula is C29H40FN3O4. The average molecular weight is 514 g/mol. The average Bonchev–Trinajstić information content (AvgIpc) is 3.30. The highest BCUT2D eigenvalue weighted by Crippen LogP contribution is 2.34. The molecule has 7 nitrogen and oxygen atoms in total. The topological polar surface area (TPSA) is 72.9 Å². The molecule has 2 aliphatic rings. The highest BCUT2D eigenvalue weighted by molar-refractivity contribution is 5.70. The van der Waals surface area contributed by atoms with Gasteiger partial charge < -0.3 is 19.5 Å². The number of carbonyl (C=O) groups excluding carboxylic acids is 1. The highest BCUT2D eigenvalue weighted by atomic mass is 19.1. The normalized spacial score (nSPS) is 21.1. The molecule has 0 spiro atoms. The maximum atomic E-state index is 15.8. The van der Waals surface area contributed by atoms with Gasteiger partial charge in [-0.2, -0.15) is 0 Å². The lowest BCUT2D eigenvalue weighted by Crippen LogP contribution is -2.33. The number of carbonyl (C=O) groups is 1. The third-order valence-corrected chi connectivity index (χ3v) is 7.50. The molecular weight excluding hydrogens is 473 g/mol. The van der Waals surface area contributed by atoms with Crippen molar-refractivity contribution in [1.82, 2.24) is 9.88 Å². The molecule has 0 unspecified atom stereocenters. The number of hydrogen-bond acceptors (Lipinski definition) is 7. The molecule has 4 rings (SSSR count). The zero-order valence-electron chi connectivity index (χ0n) is 22.3. The van der Waals surface area contributed by atoms with Gasteiger partial charge in [-0.3, -0.25) is 9.69 Å². The number of nitrogens with one attached hydrogen (secondary N) is 1. The van der Waals surface area contributed by atoms with Crippen LogP contribution in [0.3, 0.4) is 0 Å². The Morgan fingerprint density at radius 2 is 2.14 bits per heavy atom. The molecule has 1 fully saturated rings. The Balaban J connectivity index is 1.37. The number of anilines is 1. The van der Waals surface area contributed by atoms with Crippen LogP contribution in [-0.2, 0) is 27.1 Å². The fraction of sp³-hybridized carbons (Fsp3) is 0.586. The van der Waals surface area contributed by atoms with Crippen molar-refractivity contribution in [2.75, 3.05) is 52.3 Å². The summed E-state index contributed by atoms with van der Waals surface area (Å²) in [6.07, 6.45) is 3.92. The van der Waals surface area contributed by atoms with Crippen LogP contribution >= 0.6 is 0 Å². The predicted octanol–water partition coefficient (Wildman–Crippen LogP) is 4.55. The van der Waals surface area contributed by atoms with Crippen LogP contribution in [0.5, 0.6) is 5.75 Å². The lowest BCUT2D eigenvalue weighted by Gasteiger charge is -2.25. The zero-order valence-corrected chi connectivity index (χ0v) is 22.3. The van der Waals surface area contributed by atoms with Gasteiger partial charge in [0, 0.05) is 44.9 Å². The van der Waals surface area contributed by atoms with E-state index < -0.39 is 5.67 Å². The molecule has 0 radical (unpaired) electrons. The number of aryl methyl sites for hydroxylation is 2. The van der Waals surface area contributed by atoms with Crippen LogP contribution in [0, 0.1) is 0 Å². The fourth-order valence-corrected chi connectivity index (χ4v) is 5.16. The first kappa shape index (κ1) is 27.3. The number of benzene rings is 1. The summed E-state index contributed by atoms with van der Waals surface area (Å²) in [4.78, 5) is 19.1. The molecule has 0 bridgehead atoms. The van der Waals surface area contributed by atoms with E-state index in [9.17, 15) is 4.79 Å². The van der Waals surface area contributed by atoms with Crippen molar-refractivity contribution < 1.29 is 23.4 Å². The molecule has 0 aliphatic carbocycles. The minimum absolute atomic E-state index is 0.0235. The number of fused-ring (bicyclic) bond motifs is 1. The maximum absolute atomic E-state index is 15.8. The zero-order chi connectivity index (χ0) is 26.3. The number of rotatable bonds is 12. The molecule has 1 saturated heterocycles. The molecule has 2 aromatic rings. The van der Waals surface area contributed by atoms with Gasteiger partial charge >= 0.3 is 5.97 Å². The van der Waals surface area contributed by atoms with E-state index in [1.54, 1.807) is 7.11 Å². The Kier molecular flexibility index (Phi) is 9.38. The minimum atomic E-state index is -1.26. The lowest BCUT2D eigenvalue weighted by atomic mass is 9.94. The molecule has 202 valence electrons. The highest BCUT2D eigenvalue weighted by Gasteiger charge is 2.39. The van der Waals surface area contributed by atoms with Gasteiger partial charge in [-0.25, -0.2) is 9.37 Å². The van der Waals surface area contributed by atoms with Crippen LogP contribution in [-0.4, -0.2) is 74.6 Å². The van der Waals surface area contributed by atoms with Gasteiger partial charge in [0.2, 0.25) is 0 Å². The summed E-state index contributed by atoms with van der Waals surface area (Å²) in [5, 5.41) is 3.36. The van der Waals surface area contributed by atoms with Crippen LogP contribution in [0.15, 0.2) is 36.4 Å². The quantitative estimate of drug-likeness (QED) is 0.418. The molecule has 0 saturated carbocycles. The largest absolute Gasteiger partial charge is 0.491 e. The van der Waals surface area contributed by atoms with Crippen molar-refractivity contribution in [1.29, 1.82) is 0 Å². The third kappa shape index (κ3) is 7.65. The van der Waals surface area contributed by atoms with E-state index in [1.807, 2.05) is 37.3 Å². The lowest BCUT2D eigenvalue weighted by molar-refractivity contribution is -0.141. The van der Waals surface area contributed by atoms with Crippen molar-refractivity contribution in [3.05, 3.63) is 53.2 Å². The molecule has 1 N–H and O–H groups in total. The number of likely N-dealkylation sites (tertiary alicyclic amines) is 1. The molecule has 1 aromatic carbocycles. The number of hydrogen-bond donors (Lipinski definition) is 1. The summed E-state index contributed by atoms with van der Waals surface area (Å²) < 4.78 is 31.9. The van der Waals surface area contributed by atoms with Crippen molar-refractivity contribution in [2.24, 2.45) is 0 Å².